The largest absolute Gasteiger partial charge is 0.384 e. The number of rotatable bonds is 10. The number of likely N-dealkylation sites (N-methyl/N-ethyl adjacent to an activating group) is 1. The van der Waals surface area contributed by atoms with Gasteiger partial charge in [0, 0.05) is 60.0 Å². The summed E-state index contributed by atoms with van der Waals surface area (Å²) < 4.78 is 10.4. The van der Waals surface area contributed by atoms with Crippen molar-refractivity contribution < 1.29 is 19.1 Å². The molecular formula is C21H41IN6O4. The number of methoxy groups -OCH3 is 1. The van der Waals surface area contributed by atoms with E-state index in [4.69, 9.17) is 9.47 Å². The molecule has 2 heterocycles. The van der Waals surface area contributed by atoms with Gasteiger partial charge in [0.1, 0.15) is 6.54 Å². The van der Waals surface area contributed by atoms with Crippen LogP contribution < -0.4 is 10.6 Å². The lowest BCUT2D eigenvalue weighted by Gasteiger charge is -2.33. The summed E-state index contributed by atoms with van der Waals surface area (Å²) in [5, 5.41) is 6.84. The van der Waals surface area contributed by atoms with Gasteiger partial charge in [0.25, 0.3) is 0 Å². The molecule has 2 N–H and O–H groups in total. The molecule has 186 valence electrons. The van der Waals surface area contributed by atoms with Crippen molar-refractivity contribution in [1.29, 1.82) is 0 Å². The summed E-state index contributed by atoms with van der Waals surface area (Å²) in [5.74, 6) is 0.779. The molecule has 0 bridgehead atoms. The lowest BCUT2D eigenvalue weighted by atomic mass is 10.0. The number of guanidine groups is 1. The molecule has 0 aromatic rings. The summed E-state index contributed by atoms with van der Waals surface area (Å²) in [5.41, 5.74) is 0. The minimum Gasteiger partial charge on any atom is -0.384 e. The van der Waals surface area contributed by atoms with Gasteiger partial charge in [-0.2, -0.15) is 0 Å². The molecule has 0 aromatic carbocycles. The molecule has 0 aromatic heterocycles. The topological polar surface area (TPSA) is 98.7 Å². The second-order valence-corrected chi connectivity index (χ2v) is 8.23. The van der Waals surface area contributed by atoms with Crippen LogP contribution in [0, 0.1) is 0 Å². The van der Waals surface area contributed by atoms with Crippen molar-refractivity contribution in [3.63, 3.8) is 0 Å². The Bertz CT molecular complexity index is 579. The molecule has 0 radical (unpaired) electrons. The summed E-state index contributed by atoms with van der Waals surface area (Å²) in [4.78, 5) is 34.5. The first-order valence-corrected chi connectivity index (χ1v) is 11.3. The van der Waals surface area contributed by atoms with Gasteiger partial charge in [-0.15, -0.1) is 24.0 Å². The zero-order valence-corrected chi connectivity index (χ0v) is 22.1. The molecule has 2 aliphatic rings. The molecule has 2 aliphatic heterocycles. The molecule has 2 amide bonds. The minimum atomic E-state index is -0.0343. The summed E-state index contributed by atoms with van der Waals surface area (Å²) in [6.07, 6.45) is 3.14. The van der Waals surface area contributed by atoms with Crippen molar-refractivity contribution >= 4 is 41.8 Å². The number of carbonyl (C=O) groups excluding carboxylic acids is 2. The number of hydrogen-bond donors (Lipinski definition) is 2. The predicted octanol–water partition coefficient (Wildman–Crippen LogP) is -0.0224. The quantitative estimate of drug-likeness (QED) is 0.166. The summed E-state index contributed by atoms with van der Waals surface area (Å²) in [6, 6.07) is 0.228. The van der Waals surface area contributed by atoms with E-state index in [1.165, 1.54) is 0 Å². The maximum atomic E-state index is 12.2. The van der Waals surface area contributed by atoms with E-state index in [0.29, 0.717) is 19.0 Å². The summed E-state index contributed by atoms with van der Waals surface area (Å²) >= 11 is 0. The van der Waals surface area contributed by atoms with E-state index in [1.807, 2.05) is 4.90 Å². The molecular weight excluding hydrogens is 527 g/mol. The molecule has 0 spiro atoms. The zero-order chi connectivity index (χ0) is 22.5. The molecule has 0 saturated carbocycles. The number of likely N-dealkylation sites (tertiary alicyclic amines) is 1. The molecule has 2 fully saturated rings. The van der Waals surface area contributed by atoms with Crippen LogP contribution in [-0.4, -0.2) is 125 Å². The van der Waals surface area contributed by atoms with Crippen LogP contribution in [-0.2, 0) is 19.1 Å². The first-order chi connectivity index (χ1) is 15.0. The average molecular weight is 569 g/mol. The first kappa shape index (κ1) is 28.9. The van der Waals surface area contributed by atoms with Gasteiger partial charge in [0.15, 0.2) is 5.96 Å². The lowest BCUT2D eigenvalue weighted by Crippen LogP contribution is -2.50. The fraction of sp³-hybridized carbons (Fsp3) is 0.857. The van der Waals surface area contributed by atoms with Crippen LogP contribution >= 0.6 is 24.0 Å². The number of aliphatic imine (C=N–C) groups is 1. The minimum absolute atomic E-state index is 0. The number of nitrogens with zero attached hydrogens (tertiary/aromatic N) is 4. The normalized spacial score (nSPS) is 18.1. The third kappa shape index (κ3) is 11.1. The fourth-order valence-corrected chi connectivity index (χ4v) is 3.59. The third-order valence-electron chi connectivity index (χ3n) is 5.63. The third-order valence-corrected chi connectivity index (χ3v) is 5.63. The van der Waals surface area contributed by atoms with E-state index in [-0.39, 0.29) is 48.4 Å². The standard InChI is InChI=1S/C21H40N6O4.HI/c1-25(2)20(29)17-23-21(22-8-4-9-26-12-15-31-16-13-26)24-18-5-10-27(11-6-18)19(28)7-14-30-3;/h18H,4-17H2,1-3H3,(H2,22,23,24);1H. The number of amides is 2. The number of carbonyl (C=O) groups is 2. The van der Waals surface area contributed by atoms with Crippen molar-refractivity contribution in [3.8, 4) is 0 Å². The highest BCUT2D eigenvalue weighted by atomic mass is 127. The molecule has 11 heteroatoms. The molecule has 0 atom stereocenters. The SMILES string of the molecule is COCCC(=O)N1CCC(NC(=NCC(=O)N(C)C)NCCCN2CCOCC2)CC1.I. The molecule has 0 unspecified atom stereocenters. The molecule has 10 nitrogen and oxygen atoms in total. The van der Waals surface area contributed by atoms with Crippen LogP contribution in [0.2, 0.25) is 0 Å². The Morgan fingerprint density at radius 3 is 2.47 bits per heavy atom. The Hall–Kier alpha value is -1.18. The first-order valence-electron chi connectivity index (χ1n) is 11.3. The Morgan fingerprint density at radius 1 is 1.16 bits per heavy atom. The van der Waals surface area contributed by atoms with Crippen LogP contribution in [0.4, 0.5) is 0 Å². The van der Waals surface area contributed by atoms with E-state index < -0.39 is 0 Å². The van der Waals surface area contributed by atoms with Crippen molar-refractivity contribution in [3.05, 3.63) is 0 Å². The van der Waals surface area contributed by atoms with Gasteiger partial charge < -0.3 is 29.9 Å². The molecule has 2 rings (SSSR count). The van der Waals surface area contributed by atoms with Gasteiger partial charge in [-0.3, -0.25) is 14.5 Å². The Balaban J connectivity index is 0.00000512. The maximum Gasteiger partial charge on any atom is 0.243 e. The van der Waals surface area contributed by atoms with Crippen molar-refractivity contribution in [2.24, 2.45) is 4.99 Å². The number of nitrogens with one attached hydrogen (secondary N) is 2. The Labute approximate surface area is 209 Å². The van der Waals surface area contributed by atoms with E-state index in [0.717, 1.165) is 71.7 Å². The summed E-state index contributed by atoms with van der Waals surface area (Å²) in [6.45, 7) is 7.40. The number of hydrogen-bond acceptors (Lipinski definition) is 6. The fourth-order valence-electron chi connectivity index (χ4n) is 3.59. The monoisotopic (exact) mass is 568 g/mol. The highest BCUT2D eigenvalue weighted by molar-refractivity contribution is 14.0. The number of piperidine rings is 1. The predicted molar refractivity (Wildman–Crippen MR) is 136 cm³/mol. The average Bonchev–Trinajstić information content (AvgIpc) is 2.79. The second kappa shape index (κ2) is 16.4. The molecule has 32 heavy (non-hydrogen) atoms. The van der Waals surface area contributed by atoms with Gasteiger partial charge in [-0.1, -0.05) is 0 Å². The summed E-state index contributed by atoms with van der Waals surface area (Å²) in [7, 11) is 5.08. The zero-order valence-electron chi connectivity index (χ0n) is 19.8. The van der Waals surface area contributed by atoms with Crippen molar-refractivity contribution in [1.82, 2.24) is 25.3 Å². The highest BCUT2D eigenvalue weighted by Crippen LogP contribution is 2.11. The number of ether oxygens (including phenoxy) is 2. The van der Waals surface area contributed by atoms with Gasteiger partial charge in [0.2, 0.25) is 11.8 Å². The molecule has 0 aliphatic carbocycles. The van der Waals surface area contributed by atoms with Crippen LogP contribution in [0.25, 0.3) is 0 Å². The van der Waals surface area contributed by atoms with Crippen molar-refractivity contribution in [2.45, 2.75) is 31.7 Å². The number of morpholine rings is 1. The molecule has 2 saturated heterocycles. The van der Waals surface area contributed by atoms with E-state index in [1.54, 1.807) is 26.1 Å². The van der Waals surface area contributed by atoms with Gasteiger partial charge in [0.05, 0.1) is 26.2 Å². The van der Waals surface area contributed by atoms with Crippen LogP contribution in [0.5, 0.6) is 0 Å². The smallest absolute Gasteiger partial charge is 0.243 e. The Morgan fingerprint density at radius 2 is 1.84 bits per heavy atom. The van der Waals surface area contributed by atoms with Crippen molar-refractivity contribution in [2.75, 3.05) is 86.8 Å². The van der Waals surface area contributed by atoms with E-state index in [2.05, 4.69) is 20.5 Å². The van der Waals surface area contributed by atoms with Crippen LogP contribution in [0.1, 0.15) is 25.7 Å². The van der Waals surface area contributed by atoms with Crippen LogP contribution in [0.3, 0.4) is 0 Å². The lowest BCUT2D eigenvalue weighted by molar-refractivity contribution is -0.133. The highest BCUT2D eigenvalue weighted by Gasteiger charge is 2.23. The number of halogens is 1. The Kier molecular flexibility index (Phi) is 14.8. The van der Waals surface area contributed by atoms with Gasteiger partial charge >= 0.3 is 0 Å². The van der Waals surface area contributed by atoms with Gasteiger partial charge in [-0.25, -0.2) is 4.99 Å². The maximum absolute atomic E-state index is 12.2. The van der Waals surface area contributed by atoms with E-state index in [9.17, 15) is 9.59 Å². The van der Waals surface area contributed by atoms with Crippen LogP contribution in [0.15, 0.2) is 4.99 Å². The van der Waals surface area contributed by atoms with Gasteiger partial charge in [-0.05, 0) is 25.8 Å². The van der Waals surface area contributed by atoms with E-state index >= 15 is 0 Å². The second-order valence-electron chi connectivity index (χ2n) is 8.23.